The van der Waals surface area contributed by atoms with Crippen LogP contribution in [0.4, 0.5) is 0 Å². The molecule has 0 unspecified atom stereocenters. The molecule has 2 bridgehead atoms. The molecule has 102 valence electrons. The number of nitrogens with one attached hydrogen (secondary N) is 1. The molecule has 0 aromatic heterocycles. The van der Waals surface area contributed by atoms with Gasteiger partial charge in [-0.3, -0.25) is 4.79 Å². The first-order valence-electron chi connectivity index (χ1n) is 7.20. The zero-order valence-electron chi connectivity index (χ0n) is 11.2. The average molecular weight is 322 g/mol. The van der Waals surface area contributed by atoms with E-state index in [9.17, 15) is 4.79 Å². The predicted octanol–water partition coefficient (Wildman–Crippen LogP) is 4.00. The first kappa shape index (κ1) is 13.2. The van der Waals surface area contributed by atoms with Crippen LogP contribution in [0.1, 0.15) is 43.0 Å². The van der Waals surface area contributed by atoms with Gasteiger partial charge in [0.15, 0.2) is 0 Å². The second-order valence-electron chi connectivity index (χ2n) is 6.11. The van der Waals surface area contributed by atoms with Gasteiger partial charge in [-0.2, -0.15) is 0 Å². The zero-order valence-corrected chi connectivity index (χ0v) is 12.8. The van der Waals surface area contributed by atoms with Crippen molar-refractivity contribution in [3.8, 4) is 0 Å². The van der Waals surface area contributed by atoms with Gasteiger partial charge in [-0.15, -0.1) is 0 Å². The molecule has 2 fully saturated rings. The molecule has 19 heavy (non-hydrogen) atoms. The van der Waals surface area contributed by atoms with Gasteiger partial charge in [0, 0.05) is 16.1 Å². The van der Waals surface area contributed by atoms with Crippen LogP contribution in [0, 0.1) is 17.8 Å². The third-order valence-corrected chi connectivity index (χ3v) is 5.43. The van der Waals surface area contributed by atoms with Gasteiger partial charge in [-0.05, 0) is 68.2 Å². The molecule has 2 aliphatic carbocycles. The summed E-state index contributed by atoms with van der Waals surface area (Å²) in [5.41, 5.74) is 0.748. The number of carbonyl (C=O) groups excluding carboxylic acids is 1. The molecule has 0 radical (unpaired) electrons. The first-order valence-corrected chi connectivity index (χ1v) is 7.99. The van der Waals surface area contributed by atoms with Crippen LogP contribution in [-0.2, 0) is 0 Å². The molecule has 0 spiro atoms. The van der Waals surface area contributed by atoms with E-state index in [1.807, 2.05) is 24.3 Å². The number of hydrogen-bond donors (Lipinski definition) is 1. The van der Waals surface area contributed by atoms with Crippen LogP contribution in [0.3, 0.4) is 0 Å². The van der Waals surface area contributed by atoms with Gasteiger partial charge in [0.2, 0.25) is 0 Å². The summed E-state index contributed by atoms with van der Waals surface area (Å²) < 4.78 is 1.00. The van der Waals surface area contributed by atoms with Gasteiger partial charge in [-0.25, -0.2) is 0 Å². The summed E-state index contributed by atoms with van der Waals surface area (Å²) in [4.78, 5) is 12.2. The lowest BCUT2D eigenvalue weighted by molar-refractivity contribution is 0.0915. The molecule has 2 aliphatic rings. The minimum absolute atomic E-state index is 0.0581. The molecule has 1 N–H and O–H groups in total. The van der Waals surface area contributed by atoms with E-state index < -0.39 is 0 Å². The Labute approximate surface area is 123 Å². The van der Waals surface area contributed by atoms with Crippen LogP contribution in [-0.4, -0.2) is 11.9 Å². The number of carbonyl (C=O) groups is 1. The van der Waals surface area contributed by atoms with E-state index in [0.29, 0.717) is 12.0 Å². The van der Waals surface area contributed by atoms with E-state index >= 15 is 0 Å². The normalized spacial score (nSPS) is 30.3. The van der Waals surface area contributed by atoms with Crippen molar-refractivity contribution in [3.05, 3.63) is 34.3 Å². The summed E-state index contributed by atoms with van der Waals surface area (Å²) in [5.74, 6) is 2.54. The molecule has 4 atom stereocenters. The summed E-state index contributed by atoms with van der Waals surface area (Å²) in [7, 11) is 0. The van der Waals surface area contributed by atoms with Gasteiger partial charge in [-0.1, -0.05) is 22.4 Å². The standard InChI is InChI=1S/C16H20BrNO/c1-10(15-9-11-2-3-13(15)8-11)18-16(19)12-4-6-14(17)7-5-12/h4-7,10-11,13,15H,2-3,8-9H2,1H3,(H,18,19)/t10-,11-,13+,15+/m1/s1. The van der Waals surface area contributed by atoms with E-state index in [-0.39, 0.29) is 5.91 Å². The number of benzene rings is 1. The molecule has 3 rings (SSSR count). The highest BCUT2D eigenvalue weighted by Crippen LogP contribution is 2.49. The van der Waals surface area contributed by atoms with Gasteiger partial charge in [0.05, 0.1) is 0 Å². The van der Waals surface area contributed by atoms with Gasteiger partial charge >= 0.3 is 0 Å². The van der Waals surface area contributed by atoms with Gasteiger partial charge < -0.3 is 5.32 Å². The van der Waals surface area contributed by atoms with Crippen LogP contribution >= 0.6 is 15.9 Å². The van der Waals surface area contributed by atoms with Crippen molar-refractivity contribution >= 4 is 21.8 Å². The average Bonchev–Trinajstić information content (AvgIpc) is 3.01. The monoisotopic (exact) mass is 321 g/mol. The minimum Gasteiger partial charge on any atom is -0.349 e. The number of amides is 1. The van der Waals surface area contributed by atoms with Crippen molar-refractivity contribution in [1.29, 1.82) is 0 Å². The number of hydrogen-bond acceptors (Lipinski definition) is 1. The lowest BCUT2D eigenvalue weighted by Gasteiger charge is -2.28. The van der Waals surface area contributed by atoms with E-state index in [0.717, 1.165) is 21.9 Å². The van der Waals surface area contributed by atoms with Crippen LogP contribution < -0.4 is 5.32 Å². The van der Waals surface area contributed by atoms with E-state index in [4.69, 9.17) is 0 Å². The number of rotatable bonds is 3. The van der Waals surface area contributed by atoms with Crippen molar-refractivity contribution in [2.45, 2.75) is 38.6 Å². The Morgan fingerprint density at radius 2 is 2.00 bits per heavy atom. The summed E-state index contributed by atoms with van der Waals surface area (Å²) >= 11 is 3.39. The van der Waals surface area contributed by atoms with E-state index in [2.05, 4.69) is 28.2 Å². The molecule has 3 heteroatoms. The van der Waals surface area contributed by atoms with Crippen molar-refractivity contribution in [3.63, 3.8) is 0 Å². The molecule has 1 amide bonds. The maximum Gasteiger partial charge on any atom is 0.251 e. The second kappa shape index (κ2) is 5.28. The van der Waals surface area contributed by atoms with Crippen molar-refractivity contribution in [2.24, 2.45) is 17.8 Å². The largest absolute Gasteiger partial charge is 0.349 e. The molecule has 1 aromatic rings. The molecule has 2 saturated carbocycles. The summed E-state index contributed by atoms with van der Waals surface area (Å²) in [6, 6.07) is 7.86. The number of fused-ring (bicyclic) bond motifs is 2. The van der Waals surface area contributed by atoms with Crippen LogP contribution in [0.5, 0.6) is 0 Å². The highest BCUT2D eigenvalue weighted by atomic mass is 79.9. The van der Waals surface area contributed by atoms with Gasteiger partial charge in [0.25, 0.3) is 5.91 Å². The van der Waals surface area contributed by atoms with E-state index in [1.54, 1.807) is 0 Å². The summed E-state index contributed by atoms with van der Waals surface area (Å²) in [6.45, 7) is 2.17. The highest BCUT2D eigenvalue weighted by molar-refractivity contribution is 9.10. The Bertz CT molecular complexity index is 470. The van der Waals surface area contributed by atoms with Crippen molar-refractivity contribution < 1.29 is 4.79 Å². The molecular weight excluding hydrogens is 302 g/mol. The predicted molar refractivity (Wildman–Crippen MR) is 80.0 cm³/mol. The fourth-order valence-corrected chi connectivity index (χ4v) is 4.17. The molecule has 0 heterocycles. The molecule has 0 aliphatic heterocycles. The molecule has 1 aromatic carbocycles. The SMILES string of the molecule is C[C@@H](NC(=O)c1ccc(Br)cc1)[C@@H]1C[C@@H]2CC[C@H]1C2. The Hall–Kier alpha value is -0.830. The van der Waals surface area contributed by atoms with E-state index in [1.165, 1.54) is 25.7 Å². The topological polar surface area (TPSA) is 29.1 Å². The highest BCUT2D eigenvalue weighted by Gasteiger charge is 2.42. The van der Waals surface area contributed by atoms with Crippen LogP contribution in [0.15, 0.2) is 28.7 Å². The Morgan fingerprint density at radius 3 is 2.58 bits per heavy atom. The molecular formula is C16H20BrNO. The minimum atomic E-state index is 0.0581. The Kier molecular flexibility index (Phi) is 3.66. The van der Waals surface area contributed by atoms with Crippen LogP contribution in [0.2, 0.25) is 0 Å². The van der Waals surface area contributed by atoms with Gasteiger partial charge in [0.1, 0.15) is 0 Å². The third-order valence-electron chi connectivity index (χ3n) is 4.90. The summed E-state index contributed by atoms with van der Waals surface area (Å²) in [5, 5.41) is 3.19. The smallest absolute Gasteiger partial charge is 0.251 e. The second-order valence-corrected chi connectivity index (χ2v) is 7.02. The Morgan fingerprint density at radius 1 is 1.26 bits per heavy atom. The summed E-state index contributed by atoms with van der Waals surface area (Å²) in [6.07, 6.45) is 5.48. The third kappa shape index (κ3) is 2.71. The van der Waals surface area contributed by atoms with Crippen LogP contribution in [0.25, 0.3) is 0 Å². The zero-order chi connectivity index (χ0) is 13.4. The molecule has 0 saturated heterocycles. The quantitative estimate of drug-likeness (QED) is 0.895. The maximum absolute atomic E-state index is 12.2. The van der Waals surface area contributed by atoms with Crippen molar-refractivity contribution in [2.75, 3.05) is 0 Å². The molecule has 2 nitrogen and oxygen atoms in total. The lowest BCUT2D eigenvalue weighted by atomic mass is 9.84. The first-order chi connectivity index (χ1) is 9.13. The van der Waals surface area contributed by atoms with Crippen molar-refractivity contribution in [1.82, 2.24) is 5.32 Å². The fraction of sp³-hybridized carbons (Fsp3) is 0.562. The lowest BCUT2D eigenvalue weighted by Crippen LogP contribution is -2.40. The number of halogens is 1. The maximum atomic E-state index is 12.2. The Balaban J connectivity index is 1.61. The fourth-order valence-electron chi connectivity index (χ4n) is 3.90.